The Morgan fingerprint density at radius 3 is 2.84 bits per heavy atom. The quantitative estimate of drug-likeness (QED) is 0.555. The molecule has 140 valence electrons. The van der Waals surface area contributed by atoms with Crippen molar-refractivity contribution in [1.29, 1.82) is 0 Å². The van der Waals surface area contributed by atoms with E-state index >= 15 is 0 Å². The molecule has 1 aliphatic heterocycles. The first-order valence-electron chi connectivity index (χ1n) is 9.24. The van der Waals surface area contributed by atoms with Gasteiger partial charge in [-0.25, -0.2) is 4.39 Å². The Morgan fingerprint density at radius 2 is 2.12 bits per heavy atom. The Bertz CT molecular complexity index is 532. The second-order valence-electron chi connectivity index (χ2n) is 6.54. The minimum Gasteiger partial charge on any atom is -0.379 e. The van der Waals surface area contributed by atoms with Gasteiger partial charge < -0.3 is 15.4 Å². The standard InChI is InChI=1S/C19H31FN4O/c1-3-21-19(22-8-7-17-5-4-6-18(20)13-17)23-14-16(2)15-24-9-11-25-12-10-24/h4-6,13,16H,3,7-12,14-15H2,1-2H3,(H2,21,22,23). The first-order valence-corrected chi connectivity index (χ1v) is 9.24. The molecule has 0 aromatic heterocycles. The molecule has 0 aliphatic carbocycles. The Kier molecular flexibility index (Phi) is 8.69. The van der Waals surface area contributed by atoms with Gasteiger partial charge in [0.15, 0.2) is 5.96 Å². The van der Waals surface area contributed by atoms with Crippen LogP contribution in [0.4, 0.5) is 4.39 Å². The summed E-state index contributed by atoms with van der Waals surface area (Å²) in [6, 6.07) is 6.74. The lowest BCUT2D eigenvalue weighted by atomic mass is 10.1. The van der Waals surface area contributed by atoms with Crippen molar-refractivity contribution in [2.45, 2.75) is 20.3 Å². The molecule has 0 bridgehead atoms. The predicted molar refractivity (Wildman–Crippen MR) is 101 cm³/mol. The molecule has 2 rings (SSSR count). The van der Waals surface area contributed by atoms with Crippen LogP contribution in [0, 0.1) is 11.7 Å². The van der Waals surface area contributed by atoms with Crippen molar-refractivity contribution in [2.24, 2.45) is 10.9 Å². The summed E-state index contributed by atoms with van der Waals surface area (Å²) in [6.45, 7) is 11.4. The van der Waals surface area contributed by atoms with Gasteiger partial charge in [-0.05, 0) is 37.0 Å². The Balaban J connectivity index is 1.74. The van der Waals surface area contributed by atoms with Crippen molar-refractivity contribution in [3.05, 3.63) is 35.6 Å². The zero-order chi connectivity index (χ0) is 17.9. The number of ether oxygens (including phenoxy) is 1. The van der Waals surface area contributed by atoms with Gasteiger partial charge in [0, 0.05) is 39.3 Å². The second-order valence-corrected chi connectivity index (χ2v) is 6.54. The zero-order valence-corrected chi connectivity index (χ0v) is 15.4. The van der Waals surface area contributed by atoms with Crippen LogP contribution >= 0.6 is 0 Å². The highest BCUT2D eigenvalue weighted by molar-refractivity contribution is 5.79. The van der Waals surface area contributed by atoms with E-state index in [-0.39, 0.29) is 5.82 Å². The van der Waals surface area contributed by atoms with E-state index in [4.69, 9.17) is 9.73 Å². The van der Waals surface area contributed by atoms with Crippen molar-refractivity contribution >= 4 is 5.96 Å². The van der Waals surface area contributed by atoms with Crippen LogP contribution in [-0.4, -0.2) is 63.3 Å². The van der Waals surface area contributed by atoms with Crippen LogP contribution in [0.1, 0.15) is 19.4 Å². The lowest BCUT2D eigenvalue weighted by Crippen LogP contribution is -2.40. The average Bonchev–Trinajstić information content (AvgIpc) is 2.60. The third-order valence-electron chi connectivity index (χ3n) is 4.17. The van der Waals surface area contributed by atoms with Crippen molar-refractivity contribution < 1.29 is 9.13 Å². The third-order valence-corrected chi connectivity index (χ3v) is 4.17. The molecule has 1 aromatic carbocycles. The van der Waals surface area contributed by atoms with Gasteiger partial charge in [0.25, 0.3) is 0 Å². The van der Waals surface area contributed by atoms with E-state index in [1.165, 1.54) is 6.07 Å². The summed E-state index contributed by atoms with van der Waals surface area (Å²) < 4.78 is 18.6. The molecule has 0 saturated carbocycles. The number of hydrogen-bond donors (Lipinski definition) is 2. The molecule has 1 saturated heterocycles. The molecule has 0 amide bonds. The van der Waals surface area contributed by atoms with E-state index in [2.05, 4.69) is 29.4 Å². The molecule has 0 radical (unpaired) electrons. The molecule has 5 nitrogen and oxygen atoms in total. The van der Waals surface area contributed by atoms with E-state index in [1.54, 1.807) is 12.1 Å². The molecule has 2 N–H and O–H groups in total. The summed E-state index contributed by atoms with van der Waals surface area (Å²) in [7, 11) is 0. The van der Waals surface area contributed by atoms with Gasteiger partial charge in [-0.1, -0.05) is 19.1 Å². The van der Waals surface area contributed by atoms with Crippen molar-refractivity contribution in [2.75, 3.05) is 52.5 Å². The number of benzene rings is 1. The highest BCUT2D eigenvalue weighted by atomic mass is 19.1. The number of guanidine groups is 1. The molecule has 1 aromatic rings. The molecule has 6 heteroatoms. The number of nitrogens with one attached hydrogen (secondary N) is 2. The molecule has 1 atom stereocenters. The number of nitrogens with zero attached hydrogens (tertiary/aromatic N) is 2. The molecule has 1 fully saturated rings. The first kappa shape index (κ1) is 19.7. The zero-order valence-electron chi connectivity index (χ0n) is 15.4. The third kappa shape index (κ3) is 7.84. The van der Waals surface area contributed by atoms with Crippen LogP contribution in [0.25, 0.3) is 0 Å². The van der Waals surface area contributed by atoms with Gasteiger partial charge in [-0.15, -0.1) is 0 Å². The van der Waals surface area contributed by atoms with E-state index < -0.39 is 0 Å². The minimum absolute atomic E-state index is 0.185. The van der Waals surface area contributed by atoms with Gasteiger partial charge in [0.1, 0.15) is 5.82 Å². The van der Waals surface area contributed by atoms with Crippen molar-refractivity contribution in [3.63, 3.8) is 0 Å². The Morgan fingerprint density at radius 1 is 1.32 bits per heavy atom. The number of aliphatic imine (C=N–C) groups is 1. The normalized spacial score (nSPS) is 17.3. The summed E-state index contributed by atoms with van der Waals surface area (Å²) >= 11 is 0. The lowest BCUT2D eigenvalue weighted by molar-refractivity contribution is 0.0323. The highest BCUT2D eigenvalue weighted by Gasteiger charge is 2.13. The van der Waals surface area contributed by atoms with Crippen LogP contribution < -0.4 is 10.6 Å². The maximum Gasteiger partial charge on any atom is 0.191 e. The highest BCUT2D eigenvalue weighted by Crippen LogP contribution is 2.05. The largest absolute Gasteiger partial charge is 0.379 e. The van der Waals surface area contributed by atoms with E-state index in [0.717, 1.165) is 70.4 Å². The van der Waals surface area contributed by atoms with Crippen LogP contribution in [0.5, 0.6) is 0 Å². The number of morpholine rings is 1. The number of rotatable bonds is 8. The van der Waals surface area contributed by atoms with Gasteiger partial charge in [0.05, 0.1) is 13.2 Å². The number of hydrogen-bond acceptors (Lipinski definition) is 3. The maximum atomic E-state index is 13.2. The fraction of sp³-hybridized carbons (Fsp3) is 0.632. The van der Waals surface area contributed by atoms with Crippen LogP contribution in [0.3, 0.4) is 0 Å². The summed E-state index contributed by atoms with van der Waals surface area (Å²) in [4.78, 5) is 7.13. The monoisotopic (exact) mass is 350 g/mol. The van der Waals surface area contributed by atoms with Crippen LogP contribution in [0.15, 0.2) is 29.3 Å². The first-order chi connectivity index (χ1) is 12.2. The molecular formula is C19H31FN4O. The Hall–Kier alpha value is -1.66. The van der Waals surface area contributed by atoms with Crippen molar-refractivity contribution in [3.8, 4) is 0 Å². The fourth-order valence-electron chi connectivity index (χ4n) is 2.89. The topological polar surface area (TPSA) is 48.9 Å². The summed E-state index contributed by atoms with van der Waals surface area (Å²) in [5.41, 5.74) is 0.990. The molecule has 0 spiro atoms. The minimum atomic E-state index is -0.185. The summed E-state index contributed by atoms with van der Waals surface area (Å²) in [6.07, 6.45) is 0.769. The van der Waals surface area contributed by atoms with Gasteiger partial charge in [-0.2, -0.15) is 0 Å². The lowest BCUT2D eigenvalue weighted by Gasteiger charge is -2.28. The molecule has 1 heterocycles. The van der Waals surface area contributed by atoms with E-state index in [1.807, 2.05) is 6.07 Å². The van der Waals surface area contributed by atoms with Crippen molar-refractivity contribution in [1.82, 2.24) is 15.5 Å². The number of halogens is 1. The van der Waals surface area contributed by atoms with Gasteiger partial charge in [-0.3, -0.25) is 9.89 Å². The molecular weight excluding hydrogens is 319 g/mol. The SMILES string of the molecule is CCNC(=NCC(C)CN1CCOCC1)NCCc1cccc(F)c1. The molecule has 1 aliphatic rings. The molecule has 25 heavy (non-hydrogen) atoms. The maximum absolute atomic E-state index is 13.2. The van der Waals surface area contributed by atoms with Crippen LogP contribution in [0.2, 0.25) is 0 Å². The van der Waals surface area contributed by atoms with E-state index in [9.17, 15) is 4.39 Å². The predicted octanol–water partition coefficient (Wildman–Crippen LogP) is 1.89. The summed E-state index contributed by atoms with van der Waals surface area (Å²) in [5.74, 6) is 1.14. The molecule has 1 unspecified atom stereocenters. The van der Waals surface area contributed by atoms with Gasteiger partial charge >= 0.3 is 0 Å². The average molecular weight is 350 g/mol. The Labute approximate surface area is 150 Å². The summed E-state index contributed by atoms with van der Waals surface area (Å²) in [5, 5.41) is 6.60. The second kappa shape index (κ2) is 11.1. The van der Waals surface area contributed by atoms with Gasteiger partial charge in [0.2, 0.25) is 0 Å². The van der Waals surface area contributed by atoms with E-state index in [0.29, 0.717) is 5.92 Å². The van der Waals surface area contributed by atoms with Crippen LogP contribution in [-0.2, 0) is 11.2 Å². The smallest absolute Gasteiger partial charge is 0.191 e. The fourth-order valence-corrected chi connectivity index (χ4v) is 2.89.